The Kier molecular flexibility index (Phi) is 5.16. The van der Waals surface area contributed by atoms with Crippen molar-refractivity contribution in [1.82, 2.24) is 0 Å². The molecular formula is C15H14BrNO4. The lowest BCUT2D eigenvalue weighted by Crippen LogP contribution is -2.00. The Labute approximate surface area is 130 Å². The molecular weight excluding hydrogens is 338 g/mol. The van der Waals surface area contributed by atoms with Crippen molar-refractivity contribution < 1.29 is 14.4 Å². The van der Waals surface area contributed by atoms with Gasteiger partial charge in [-0.25, -0.2) is 0 Å². The molecule has 0 aromatic heterocycles. The van der Waals surface area contributed by atoms with Crippen molar-refractivity contribution in [2.24, 2.45) is 0 Å². The zero-order valence-electron chi connectivity index (χ0n) is 11.4. The van der Waals surface area contributed by atoms with E-state index in [1.54, 1.807) is 19.2 Å². The molecule has 0 fully saturated rings. The Balaban J connectivity index is 2.17. The van der Waals surface area contributed by atoms with Crippen molar-refractivity contribution in [3.05, 3.63) is 63.7 Å². The lowest BCUT2D eigenvalue weighted by molar-refractivity contribution is -0.386. The summed E-state index contributed by atoms with van der Waals surface area (Å²) in [6, 6.07) is 12.3. The second kappa shape index (κ2) is 7.08. The van der Waals surface area contributed by atoms with E-state index in [0.717, 1.165) is 16.9 Å². The molecule has 0 heterocycles. The maximum absolute atomic E-state index is 11.1. The molecule has 21 heavy (non-hydrogen) atoms. The first kappa shape index (κ1) is 15.3. The fraction of sp³-hybridized carbons (Fsp3) is 0.200. The summed E-state index contributed by atoms with van der Waals surface area (Å²) < 4.78 is 10.7. The molecule has 0 atom stereocenters. The van der Waals surface area contributed by atoms with Crippen molar-refractivity contribution in [1.29, 1.82) is 0 Å². The van der Waals surface area contributed by atoms with Crippen LogP contribution in [-0.4, -0.2) is 12.0 Å². The number of alkyl halides is 1. The highest BCUT2D eigenvalue weighted by atomic mass is 79.9. The number of nitrogens with zero attached hydrogens (tertiary/aromatic N) is 1. The molecule has 110 valence electrons. The average molecular weight is 352 g/mol. The first-order chi connectivity index (χ1) is 10.1. The molecule has 0 radical (unpaired) electrons. The molecule has 0 amide bonds. The number of halogens is 1. The molecule has 0 spiro atoms. The Morgan fingerprint density at radius 3 is 2.67 bits per heavy atom. The summed E-state index contributed by atoms with van der Waals surface area (Å²) in [5.41, 5.74) is 1.68. The van der Waals surface area contributed by atoms with Crippen LogP contribution in [0.25, 0.3) is 0 Å². The second-order valence-electron chi connectivity index (χ2n) is 4.33. The van der Waals surface area contributed by atoms with E-state index < -0.39 is 4.92 Å². The molecule has 0 saturated heterocycles. The smallest absolute Gasteiger partial charge is 0.311 e. The van der Waals surface area contributed by atoms with Gasteiger partial charge in [-0.1, -0.05) is 34.1 Å². The van der Waals surface area contributed by atoms with E-state index in [4.69, 9.17) is 9.47 Å². The Morgan fingerprint density at radius 2 is 2.00 bits per heavy atom. The zero-order chi connectivity index (χ0) is 15.2. The van der Waals surface area contributed by atoms with E-state index in [1.807, 2.05) is 24.3 Å². The average Bonchev–Trinajstić information content (AvgIpc) is 2.52. The third-order valence-electron chi connectivity index (χ3n) is 2.90. The maximum atomic E-state index is 11.1. The van der Waals surface area contributed by atoms with Gasteiger partial charge in [-0.2, -0.15) is 0 Å². The largest absolute Gasteiger partial charge is 0.497 e. The van der Waals surface area contributed by atoms with Gasteiger partial charge in [-0.15, -0.1) is 0 Å². The van der Waals surface area contributed by atoms with Gasteiger partial charge in [0.25, 0.3) is 0 Å². The van der Waals surface area contributed by atoms with E-state index in [1.165, 1.54) is 6.07 Å². The van der Waals surface area contributed by atoms with Crippen molar-refractivity contribution in [2.45, 2.75) is 11.9 Å². The number of methoxy groups -OCH3 is 1. The molecule has 2 aromatic rings. The van der Waals surface area contributed by atoms with Crippen LogP contribution in [0.5, 0.6) is 11.5 Å². The van der Waals surface area contributed by atoms with Crippen LogP contribution in [0.3, 0.4) is 0 Å². The minimum atomic E-state index is -0.437. The summed E-state index contributed by atoms with van der Waals surface area (Å²) in [4.78, 5) is 10.7. The number of ether oxygens (including phenoxy) is 2. The Bertz CT molecular complexity index is 645. The predicted octanol–water partition coefficient (Wildman–Crippen LogP) is 4.08. The van der Waals surface area contributed by atoms with Crippen LogP contribution in [0.2, 0.25) is 0 Å². The molecule has 0 N–H and O–H groups in total. The molecule has 0 aliphatic heterocycles. The Morgan fingerprint density at radius 1 is 1.19 bits per heavy atom. The molecule has 6 heteroatoms. The molecule has 0 saturated carbocycles. The third kappa shape index (κ3) is 3.95. The van der Waals surface area contributed by atoms with Crippen LogP contribution in [0, 0.1) is 10.1 Å². The van der Waals surface area contributed by atoms with Crippen LogP contribution in [-0.2, 0) is 11.9 Å². The second-order valence-corrected chi connectivity index (χ2v) is 4.89. The van der Waals surface area contributed by atoms with Crippen molar-refractivity contribution in [3.8, 4) is 11.5 Å². The molecule has 0 unspecified atom stereocenters. The number of hydrogen-bond acceptors (Lipinski definition) is 4. The van der Waals surface area contributed by atoms with Gasteiger partial charge in [0.2, 0.25) is 0 Å². The van der Waals surface area contributed by atoms with Crippen molar-refractivity contribution in [3.63, 3.8) is 0 Å². The van der Waals surface area contributed by atoms with Gasteiger partial charge in [0, 0.05) is 11.4 Å². The van der Waals surface area contributed by atoms with Crippen LogP contribution in [0.15, 0.2) is 42.5 Å². The summed E-state index contributed by atoms with van der Waals surface area (Å²) in [6.07, 6.45) is 0. The van der Waals surface area contributed by atoms with E-state index >= 15 is 0 Å². The standard InChI is InChI=1S/C15H14BrNO4/c1-20-13-4-2-3-12(7-13)10-21-15-6-5-11(9-16)8-14(15)17(18)19/h2-8H,9-10H2,1H3. The van der Waals surface area contributed by atoms with E-state index in [0.29, 0.717) is 5.33 Å². The fourth-order valence-electron chi connectivity index (χ4n) is 1.83. The van der Waals surface area contributed by atoms with Gasteiger partial charge in [-0.05, 0) is 29.3 Å². The van der Waals surface area contributed by atoms with Gasteiger partial charge < -0.3 is 9.47 Å². The molecule has 0 bridgehead atoms. The van der Waals surface area contributed by atoms with Crippen LogP contribution >= 0.6 is 15.9 Å². The number of nitro benzene ring substituents is 1. The maximum Gasteiger partial charge on any atom is 0.311 e. The first-order valence-corrected chi connectivity index (χ1v) is 7.35. The summed E-state index contributed by atoms with van der Waals surface area (Å²) in [7, 11) is 1.59. The summed E-state index contributed by atoms with van der Waals surface area (Å²) >= 11 is 3.28. The SMILES string of the molecule is COc1cccc(COc2ccc(CBr)cc2[N+](=O)[O-])c1. The van der Waals surface area contributed by atoms with Crippen LogP contribution < -0.4 is 9.47 Å². The van der Waals surface area contributed by atoms with Gasteiger partial charge in [-0.3, -0.25) is 10.1 Å². The third-order valence-corrected chi connectivity index (χ3v) is 3.55. The van der Waals surface area contributed by atoms with Gasteiger partial charge in [0.1, 0.15) is 12.4 Å². The van der Waals surface area contributed by atoms with Crippen LogP contribution in [0.4, 0.5) is 5.69 Å². The summed E-state index contributed by atoms with van der Waals surface area (Å²) in [6.45, 7) is 0.242. The highest BCUT2D eigenvalue weighted by Crippen LogP contribution is 2.29. The quantitative estimate of drug-likeness (QED) is 0.447. The molecule has 2 aromatic carbocycles. The van der Waals surface area contributed by atoms with E-state index in [-0.39, 0.29) is 18.0 Å². The fourth-order valence-corrected chi connectivity index (χ4v) is 2.18. The summed E-state index contributed by atoms with van der Waals surface area (Å²) in [5.74, 6) is 0.979. The first-order valence-electron chi connectivity index (χ1n) is 6.23. The zero-order valence-corrected chi connectivity index (χ0v) is 13.0. The molecule has 5 nitrogen and oxygen atoms in total. The molecule has 0 aliphatic carbocycles. The highest BCUT2D eigenvalue weighted by molar-refractivity contribution is 9.08. The van der Waals surface area contributed by atoms with Gasteiger partial charge in [0.15, 0.2) is 5.75 Å². The summed E-state index contributed by atoms with van der Waals surface area (Å²) in [5, 5.41) is 11.7. The number of rotatable bonds is 6. The predicted molar refractivity (Wildman–Crippen MR) is 83.1 cm³/mol. The van der Waals surface area contributed by atoms with Crippen molar-refractivity contribution in [2.75, 3.05) is 7.11 Å². The lowest BCUT2D eigenvalue weighted by atomic mass is 10.2. The van der Waals surface area contributed by atoms with Gasteiger partial charge >= 0.3 is 5.69 Å². The molecule has 0 aliphatic rings. The monoisotopic (exact) mass is 351 g/mol. The normalized spacial score (nSPS) is 10.2. The van der Waals surface area contributed by atoms with E-state index in [2.05, 4.69) is 15.9 Å². The molecule has 2 rings (SSSR count). The Hall–Kier alpha value is -2.08. The van der Waals surface area contributed by atoms with Crippen molar-refractivity contribution >= 4 is 21.6 Å². The lowest BCUT2D eigenvalue weighted by Gasteiger charge is -2.08. The number of nitro groups is 1. The topological polar surface area (TPSA) is 61.6 Å². The minimum Gasteiger partial charge on any atom is -0.497 e. The highest BCUT2D eigenvalue weighted by Gasteiger charge is 2.16. The van der Waals surface area contributed by atoms with Gasteiger partial charge in [0.05, 0.1) is 12.0 Å². The minimum absolute atomic E-state index is 0.0325. The van der Waals surface area contributed by atoms with E-state index in [9.17, 15) is 10.1 Å². The van der Waals surface area contributed by atoms with Crippen LogP contribution in [0.1, 0.15) is 11.1 Å². The number of hydrogen-bond donors (Lipinski definition) is 0. The number of benzene rings is 2.